The topological polar surface area (TPSA) is 9.23 Å². The van der Waals surface area contributed by atoms with Crippen LogP contribution in [0.1, 0.15) is 25.3 Å². The van der Waals surface area contributed by atoms with E-state index in [1.165, 1.54) is 12.0 Å². The van der Waals surface area contributed by atoms with Gasteiger partial charge in [-0.3, -0.25) is 0 Å². The van der Waals surface area contributed by atoms with Crippen molar-refractivity contribution in [3.8, 4) is 5.75 Å². The average molecular weight is 257 g/mol. The van der Waals surface area contributed by atoms with Gasteiger partial charge in [-0.05, 0) is 30.5 Å². The maximum Gasteiger partial charge on any atom is 0.119 e. The molecule has 0 radical (unpaired) electrons. The van der Waals surface area contributed by atoms with E-state index in [-0.39, 0.29) is 0 Å². The molecule has 0 amide bonds. The maximum atomic E-state index is 5.55. The summed E-state index contributed by atoms with van der Waals surface area (Å²) in [6.07, 6.45) is 3.40. The largest absolute Gasteiger partial charge is 0.494 e. The first-order valence-electron chi connectivity index (χ1n) is 5.14. The number of halogens is 1. The number of aryl methyl sites for hydroxylation is 1. The van der Waals surface area contributed by atoms with Gasteiger partial charge >= 0.3 is 0 Å². The van der Waals surface area contributed by atoms with E-state index in [1.807, 2.05) is 0 Å². The molecule has 78 valence electrons. The van der Waals surface area contributed by atoms with Crippen molar-refractivity contribution in [1.29, 1.82) is 0 Å². The molecule has 2 heteroatoms. The summed E-state index contributed by atoms with van der Waals surface area (Å²) in [5.74, 6) is 0.978. The van der Waals surface area contributed by atoms with Gasteiger partial charge in [0.05, 0.1) is 6.61 Å². The van der Waals surface area contributed by atoms with E-state index >= 15 is 0 Å². The highest BCUT2D eigenvalue weighted by molar-refractivity contribution is 9.09. The van der Waals surface area contributed by atoms with Crippen molar-refractivity contribution in [2.75, 3.05) is 11.9 Å². The summed E-state index contributed by atoms with van der Waals surface area (Å²) in [4.78, 5) is 0. The molecule has 1 aromatic carbocycles. The SMILES string of the molecule is CCCc1ccc(OCCCBr)cc1. The summed E-state index contributed by atoms with van der Waals surface area (Å²) in [6, 6.07) is 8.40. The fourth-order valence-corrected chi connectivity index (χ4v) is 1.51. The first kappa shape index (κ1) is 11.6. The Morgan fingerprint density at radius 2 is 1.93 bits per heavy atom. The molecule has 0 atom stereocenters. The van der Waals surface area contributed by atoms with Gasteiger partial charge in [0.15, 0.2) is 0 Å². The van der Waals surface area contributed by atoms with Crippen molar-refractivity contribution in [3.63, 3.8) is 0 Å². The molecule has 0 unspecified atom stereocenters. The molecule has 1 aromatic rings. The molecule has 0 spiro atoms. The molecule has 14 heavy (non-hydrogen) atoms. The highest BCUT2D eigenvalue weighted by Gasteiger charge is 1.94. The van der Waals surface area contributed by atoms with Crippen LogP contribution in [0.4, 0.5) is 0 Å². The fraction of sp³-hybridized carbons (Fsp3) is 0.500. The Kier molecular flexibility index (Phi) is 5.69. The van der Waals surface area contributed by atoms with E-state index in [9.17, 15) is 0 Å². The summed E-state index contributed by atoms with van der Waals surface area (Å²) >= 11 is 3.38. The number of benzene rings is 1. The Hall–Kier alpha value is -0.500. The highest BCUT2D eigenvalue weighted by atomic mass is 79.9. The minimum absolute atomic E-state index is 0.790. The van der Waals surface area contributed by atoms with Gasteiger partial charge in [0.25, 0.3) is 0 Å². The van der Waals surface area contributed by atoms with Crippen LogP contribution >= 0.6 is 15.9 Å². The number of hydrogen-bond acceptors (Lipinski definition) is 1. The third-order valence-corrected chi connectivity index (χ3v) is 2.57. The van der Waals surface area contributed by atoms with Crippen LogP contribution in [0.15, 0.2) is 24.3 Å². The molecule has 0 heterocycles. The standard InChI is InChI=1S/C12H17BrO/c1-2-4-11-5-7-12(8-6-11)14-10-3-9-13/h5-8H,2-4,9-10H2,1H3. The Morgan fingerprint density at radius 1 is 1.21 bits per heavy atom. The van der Waals surface area contributed by atoms with Crippen LogP contribution in [-0.4, -0.2) is 11.9 Å². The quantitative estimate of drug-likeness (QED) is 0.556. The Labute approximate surface area is 94.6 Å². The third-order valence-electron chi connectivity index (χ3n) is 2.01. The summed E-state index contributed by atoms with van der Waals surface area (Å²) < 4.78 is 5.55. The molecule has 0 aliphatic carbocycles. The van der Waals surface area contributed by atoms with Gasteiger partial charge < -0.3 is 4.74 Å². The lowest BCUT2D eigenvalue weighted by atomic mass is 10.1. The van der Waals surface area contributed by atoms with Crippen molar-refractivity contribution < 1.29 is 4.74 Å². The van der Waals surface area contributed by atoms with Gasteiger partial charge in [-0.2, -0.15) is 0 Å². The predicted octanol–water partition coefficient (Wildman–Crippen LogP) is 3.80. The number of alkyl halides is 1. The molecule has 0 bridgehead atoms. The van der Waals surface area contributed by atoms with Crippen molar-refractivity contribution in [3.05, 3.63) is 29.8 Å². The second kappa shape index (κ2) is 6.88. The average Bonchev–Trinajstić information content (AvgIpc) is 2.21. The second-order valence-corrected chi connectivity index (χ2v) is 4.08. The Bertz CT molecular complexity index is 243. The maximum absolute atomic E-state index is 5.55. The first-order chi connectivity index (χ1) is 6.86. The lowest BCUT2D eigenvalue weighted by Gasteiger charge is -2.05. The minimum Gasteiger partial charge on any atom is -0.494 e. The number of rotatable bonds is 6. The monoisotopic (exact) mass is 256 g/mol. The molecule has 0 aliphatic rings. The van der Waals surface area contributed by atoms with Gasteiger partial charge in [0.2, 0.25) is 0 Å². The first-order valence-corrected chi connectivity index (χ1v) is 6.26. The molecule has 0 N–H and O–H groups in total. The van der Waals surface area contributed by atoms with Crippen LogP contribution in [0.3, 0.4) is 0 Å². The zero-order chi connectivity index (χ0) is 10.2. The molecule has 0 aromatic heterocycles. The zero-order valence-corrected chi connectivity index (χ0v) is 10.2. The van der Waals surface area contributed by atoms with E-state index in [0.29, 0.717) is 0 Å². The molecule has 0 saturated heterocycles. The number of ether oxygens (including phenoxy) is 1. The van der Waals surface area contributed by atoms with Gasteiger partial charge in [-0.1, -0.05) is 41.4 Å². The lowest BCUT2D eigenvalue weighted by Crippen LogP contribution is -1.97. The van der Waals surface area contributed by atoms with Crippen molar-refractivity contribution in [2.24, 2.45) is 0 Å². The van der Waals surface area contributed by atoms with Gasteiger partial charge in [-0.15, -0.1) is 0 Å². The molecular formula is C12H17BrO. The van der Waals surface area contributed by atoms with Gasteiger partial charge in [-0.25, -0.2) is 0 Å². The summed E-state index contributed by atoms with van der Waals surface area (Å²) in [5.41, 5.74) is 1.39. The third kappa shape index (κ3) is 4.14. The van der Waals surface area contributed by atoms with Crippen LogP contribution in [-0.2, 0) is 6.42 Å². The van der Waals surface area contributed by atoms with E-state index < -0.39 is 0 Å². The van der Waals surface area contributed by atoms with Crippen LogP contribution in [0, 0.1) is 0 Å². The molecule has 1 rings (SSSR count). The van der Waals surface area contributed by atoms with Gasteiger partial charge in [0, 0.05) is 5.33 Å². The Balaban J connectivity index is 2.38. The second-order valence-electron chi connectivity index (χ2n) is 3.28. The smallest absolute Gasteiger partial charge is 0.119 e. The van der Waals surface area contributed by atoms with E-state index in [0.717, 1.165) is 30.5 Å². The molecule has 0 aliphatic heterocycles. The van der Waals surface area contributed by atoms with E-state index in [1.54, 1.807) is 0 Å². The zero-order valence-electron chi connectivity index (χ0n) is 8.63. The van der Waals surface area contributed by atoms with Crippen LogP contribution in [0.5, 0.6) is 5.75 Å². The fourth-order valence-electron chi connectivity index (χ4n) is 1.29. The molecule has 0 saturated carbocycles. The van der Waals surface area contributed by atoms with Crippen LogP contribution in [0.25, 0.3) is 0 Å². The highest BCUT2D eigenvalue weighted by Crippen LogP contribution is 2.13. The van der Waals surface area contributed by atoms with Crippen LogP contribution < -0.4 is 4.74 Å². The van der Waals surface area contributed by atoms with Crippen LogP contribution in [0.2, 0.25) is 0 Å². The molecule has 0 fully saturated rings. The van der Waals surface area contributed by atoms with Gasteiger partial charge in [0.1, 0.15) is 5.75 Å². The Morgan fingerprint density at radius 3 is 2.50 bits per heavy atom. The summed E-state index contributed by atoms with van der Waals surface area (Å²) in [7, 11) is 0. The van der Waals surface area contributed by atoms with Crippen molar-refractivity contribution in [1.82, 2.24) is 0 Å². The van der Waals surface area contributed by atoms with Crippen molar-refractivity contribution in [2.45, 2.75) is 26.2 Å². The lowest BCUT2D eigenvalue weighted by molar-refractivity contribution is 0.319. The van der Waals surface area contributed by atoms with Crippen molar-refractivity contribution >= 4 is 15.9 Å². The van der Waals surface area contributed by atoms with E-state index in [4.69, 9.17) is 4.74 Å². The summed E-state index contributed by atoms with van der Waals surface area (Å²) in [6.45, 7) is 2.98. The van der Waals surface area contributed by atoms with E-state index in [2.05, 4.69) is 47.1 Å². The number of hydrogen-bond donors (Lipinski definition) is 0. The summed E-state index contributed by atoms with van der Waals surface area (Å²) in [5, 5.41) is 1.00. The molecular weight excluding hydrogens is 240 g/mol. The minimum atomic E-state index is 0.790. The molecule has 1 nitrogen and oxygen atoms in total. The predicted molar refractivity (Wildman–Crippen MR) is 64.3 cm³/mol. The normalized spacial score (nSPS) is 10.1.